The van der Waals surface area contributed by atoms with E-state index in [1.54, 1.807) is 23.9 Å². The van der Waals surface area contributed by atoms with E-state index in [1.807, 2.05) is 42.5 Å². The molecule has 0 bridgehead atoms. The number of rotatable bonds is 8. The maximum Gasteiger partial charge on any atom is 0.258 e. The van der Waals surface area contributed by atoms with Crippen molar-refractivity contribution < 1.29 is 9.53 Å². The van der Waals surface area contributed by atoms with Crippen molar-refractivity contribution in [3.8, 4) is 0 Å². The van der Waals surface area contributed by atoms with Gasteiger partial charge in [0.05, 0.1) is 29.2 Å². The summed E-state index contributed by atoms with van der Waals surface area (Å²) in [6.07, 6.45) is 2.50. The van der Waals surface area contributed by atoms with Crippen molar-refractivity contribution in [1.82, 2.24) is 19.9 Å². The van der Waals surface area contributed by atoms with Crippen LogP contribution in [0.5, 0.6) is 0 Å². The minimum Gasteiger partial charge on any atom is -0.383 e. The van der Waals surface area contributed by atoms with Crippen LogP contribution in [0.15, 0.2) is 59.5 Å². The van der Waals surface area contributed by atoms with Crippen LogP contribution in [0.2, 0.25) is 0 Å². The van der Waals surface area contributed by atoms with Crippen LogP contribution in [0.1, 0.15) is 42.5 Å². The largest absolute Gasteiger partial charge is 0.383 e. The van der Waals surface area contributed by atoms with Gasteiger partial charge < -0.3 is 19.6 Å². The van der Waals surface area contributed by atoms with Gasteiger partial charge in [-0.05, 0) is 24.1 Å². The lowest BCUT2D eigenvalue weighted by atomic mass is 9.97. The Kier molecular flexibility index (Phi) is 6.37. The number of amides is 1. The Morgan fingerprint density at radius 2 is 1.88 bits per heavy atom. The Morgan fingerprint density at radius 3 is 2.59 bits per heavy atom. The zero-order valence-electron chi connectivity index (χ0n) is 18.6. The van der Waals surface area contributed by atoms with Crippen LogP contribution in [-0.2, 0) is 11.3 Å². The molecule has 0 aliphatic heterocycles. The average Bonchev–Trinajstić information content (AvgIpc) is 3.25. The highest BCUT2D eigenvalue weighted by Crippen LogP contribution is 2.26. The van der Waals surface area contributed by atoms with E-state index in [4.69, 9.17) is 9.72 Å². The number of carbonyl (C=O) groups excluding carboxylic acids is 1. The van der Waals surface area contributed by atoms with Gasteiger partial charge in [0.2, 0.25) is 0 Å². The smallest absolute Gasteiger partial charge is 0.258 e. The fourth-order valence-corrected chi connectivity index (χ4v) is 3.93. The molecule has 2 unspecified atom stereocenters. The van der Waals surface area contributed by atoms with Crippen LogP contribution in [-0.4, -0.2) is 34.2 Å². The molecule has 4 aromatic rings. The predicted molar refractivity (Wildman–Crippen MR) is 126 cm³/mol. The van der Waals surface area contributed by atoms with Gasteiger partial charge in [0.15, 0.2) is 0 Å². The van der Waals surface area contributed by atoms with Crippen molar-refractivity contribution >= 4 is 27.7 Å². The number of ether oxygens (including phenoxy) is 1. The summed E-state index contributed by atoms with van der Waals surface area (Å²) in [5.74, 6) is 0.647. The van der Waals surface area contributed by atoms with E-state index in [0.717, 1.165) is 23.3 Å². The molecule has 0 saturated heterocycles. The number of methoxy groups -OCH3 is 1. The maximum absolute atomic E-state index is 13.5. The molecular weight excluding hydrogens is 404 g/mol. The zero-order chi connectivity index (χ0) is 22.7. The summed E-state index contributed by atoms with van der Waals surface area (Å²) in [7, 11) is 1.59. The lowest BCUT2D eigenvalue weighted by molar-refractivity contribution is 0.0921. The number of carbonyl (C=O) groups is 1. The van der Waals surface area contributed by atoms with Crippen molar-refractivity contribution in [2.45, 2.75) is 32.9 Å². The Morgan fingerprint density at radius 1 is 1.16 bits per heavy atom. The second-order valence-electron chi connectivity index (χ2n) is 8.06. The van der Waals surface area contributed by atoms with E-state index >= 15 is 0 Å². The summed E-state index contributed by atoms with van der Waals surface area (Å²) in [5.41, 5.74) is 2.12. The van der Waals surface area contributed by atoms with Crippen molar-refractivity contribution in [3.63, 3.8) is 0 Å². The number of benzene rings is 2. The SMILES string of the molecule is CCC(C)C(NC(=O)c1cn(CCOC)c(=O)c2ccccc12)c1nc2ccccc2[nH]1. The van der Waals surface area contributed by atoms with Gasteiger partial charge in [-0.3, -0.25) is 9.59 Å². The fourth-order valence-electron chi connectivity index (χ4n) is 3.93. The Labute approximate surface area is 186 Å². The highest BCUT2D eigenvalue weighted by molar-refractivity contribution is 6.06. The number of pyridine rings is 1. The molecule has 0 aliphatic rings. The van der Waals surface area contributed by atoms with E-state index in [0.29, 0.717) is 29.5 Å². The number of hydrogen-bond acceptors (Lipinski definition) is 4. The van der Waals surface area contributed by atoms with Gasteiger partial charge in [-0.25, -0.2) is 4.98 Å². The van der Waals surface area contributed by atoms with Crippen molar-refractivity contribution in [1.29, 1.82) is 0 Å². The number of H-pyrrole nitrogens is 1. The average molecular weight is 433 g/mol. The van der Waals surface area contributed by atoms with Crippen LogP contribution in [0.4, 0.5) is 0 Å². The molecule has 2 aromatic heterocycles. The van der Waals surface area contributed by atoms with E-state index in [2.05, 4.69) is 24.1 Å². The molecule has 0 radical (unpaired) electrons. The Hall–Kier alpha value is -3.45. The number of nitrogens with one attached hydrogen (secondary N) is 2. The number of aromatic nitrogens is 3. The highest BCUT2D eigenvalue weighted by Gasteiger charge is 2.25. The summed E-state index contributed by atoms with van der Waals surface area (Å²) in [6.45, 7) is 4.94. The first-order chi connectivity index (χ1) is 15.5. The third-order valence-corrected chi connectivity index (χ3v) is 5.98. The quantitative estimate of drug-likeness (QED) is 0.440. The third kappa shape index (κ3) is 4.16. The molecular formula is C25H28N4O3. The highest BCUT2D eigenvalue weighted by atomic mass is 16.5. The number of nitrogens with zero attached hydrogens (tertiary/aromatic N) is 2. The Bertz CT molecular complexity index is 1270. The topological polar surface area (TPSA) is 89.0 Å². The van der Waals surface area contributed by atoms with E-state index in [1.165, 1.54) is 0 Å². The van der Waals surface area contributed by atoms with Crippen molar-refractivity contribution in [2.24, 2.45) is 5.92 Å². The normalized spacial score (nSPS) is 13.3. The predicted octanol–water partition coefficient (Wildman–Crippen LogP) is 4.04. The molecule has 0 saturated carbocycles. The summed E-state index contributed by atoms with van der Waals surface area (Å²) in [6, 6.07) is 14.7. The minimum atomic E-state index is -0.294. The molecule has 0 aliphatic carbocycles. The van der Waals surface area contributed by atoms with Crippen LogP contribution in [0.3, 0.4) is 0 Å². The molecule has 2 heterocycles. The molecule has 7 heteroatoms. The van der Waals surface area contributed by atoms with Gasteiger partial charge in [-0.15, -0.1) is 0 Å². The molecule has 2 atom stereocenters. The summed E-state index contributed by atoms with van der Waals surface area (Å²) >= 11 is 0. The monoisotopic (exact) mass is 432 g/mol. The van der Waals surface area contributed by atoms with Crippen LogP contribution >= 0.6 is 0 Å². The minimum absolute atomic E-state index is 0.134. The molecule has 2 N–H and O–H groups in total. The maximum atomic E-state index is 13.5. The standard InChI is InChI=1S/C25H28N4O3/c1-4-16(2)22(23-26-20-11-7-8-12-21(20)27-23)28-24(30)19-15-29(13-14-32-3)25(31)18-10-6-5-9-17(18)19/h5-12,15-16,22H,4,13-14H2,1-3H3,(H,26,27)(H,28,30). The lowest BCUT2D eigenvalue weighted by Crippen LogP contribution is -2.34. The molecule has 0 spiro atoms. The van der Waals surface area contributed by atoms with Gasteiger partial charge >= 0.3 is 0 Å². The van der Waals surface area contributed by atoms with Gasteiger partial charge in [0, 0.05) is 30.6 Å². The summed E-state index contributed by atoms with van der Waals surface area (Å²) in [4.78, 5) is 34.5. The van der Waals surface area contributed by atoms with Crippen LogP contribution in [0, 0.1) is 5.92 Å². The molecule has 166 valence electrons. The third-order valence-electron chi connectivity index (χ3n) is 5.98. The number of para-hydroxylation sites is 2. The molecule has 2 aromatic carbocycles. The van der Waals surface area contributed by atoms with Crippen LogP contribution in [0.25, 0.3) is 21.8 Å². The zero-order valence-corrected chi connectivity index (χ0v) is 18.6. The van der Waals surface area contributed by atoms with Gasteiger partial charge in [0.25, 0.3) is 11.5 Å². The molecule has 1 amide bonds. The first kappa shape index (κ1) is 21.8. The fraction of sp³-hybridized carbons (Fsp3) is 0.320. The molecule has 7 nitrogen and oxygen atoms in total. The van der Waals surface area contributed by atoms with Gasteiger partial charge in [0.1, 0.15) is 5.82 Å². The molecule has 32 heavy (non-hydrogen) atoms. The van der Waals surface area contributed by atoms with Crippen LogP contribution < -0.4 is 10.9 Å². The summed E-state index contributed by atoms with van der Waals surface area (Å²) in [5, 5.41) is 4.33. The summed E-state index contributed by atoms with van der Waals surface area (Å²) < 4.78 is 6.68. The van der Waals surface area contributed by atoms with Gasteiger partial charge in [-0.1, -0.05) is 50.6 Å². The molecule has 0 fully saturated rings. The van der Waals surface area contributed by atoms with Crippen molar-refractivity contribution in [3.05, 3.63) is 76.5 Å². The lowest BCUT2D eigenvalue weighted by Gasteiger charge is -2.23. The van der Waals surface area contributed by atoms with E-state index in [-0.39, 0.29) is 23.4 Å². The first-order valence-electron chi connectivity index (χ1n) is 10.9. The van der Waals surface area contributed by atoms with E-state index < -0.39 is 0 Å². The second-order valence-corrected chi connectivity index (χ2v) is 8.06. The number of hydrogen-bond donors (Lipinski definition) is 2. The number of imidazole rings is 1. The molecule has 4 rings (SSSR count). The number of fused-ring (bicyclic) bond motifs is 2. The second kappa shape index (κ2) is 9.36. The number of aromatic amines is 1. The van der Waals surface area contributed by atoms with E-state index in [9.17, 15) is 9.59 Å². The van der Waals surface area contributed by atoms with Crippen molar-refractivity contribution in [2.75, 3.05) is 13.7 Å². The first-order valence-corrected chi connectivity index (χ1v) is 10.9. The Balaban J connectivity index is 1.75. The van der Waals surface area contributed by atoms with Gasteiger partial charge in [-0.2, -0.15) is 0 Å².